The molecule has 0 N–H and O–H groups in total. The minimum atomic E-state index is 0. The Balaban J connectivity index is 0.00000110. The summed E-state index contributed by atoms with van der Waals surface area (Å²) in [4.78, 5) is 0. The predicted molar refractivity (Wildman–Crippen MR) is 87.2 cm³/mol. The van der Waals surface area contributed by atoms with E-state index >= 15 is 0 Å². The summed E-state index contributed by atoms with van der Waals surface area (Å²) in [5.41, 5.74) is 1.15. The quantitative estimate of drug-likeness (QED) is 0.437. The third-order valence-corrected chi connectivity index (χ3v) is 9.11. The van der Waals surface area contributed by atoms with Crippen LogP contribution in [0.1, 0.15) is 54.4 Å². The number of hydrogen-bond donors (Lipinski definition) is 0. The third-order valence-electron chi connectivity index (χ3n) is 9.11. The molecule has 0 aromatic carbocycles. The highest BCUT2D eigenvalue weighted by Gasteiger charge is 2.72. The lowest BCUT2D eigenvalue weighted by Crippen LogP contribution is -2.50. The summed E-state index contributed by atoms with van der Waals surface area (Å²) < 4.78 is 0. The van der Waals surface area contributed by atoms with Crippen LogP contribution in [0.2, 0.25) is 0 Å². The molecule has 4 aliphatic carbocycles. The van der Waals surface area contributed by atoms with Crippen molar-refractivity contribution in [3.05, 3.63) is 0 Å². The zero-order valence-corrected chi connectivity index (χ0v) is 15.2. The van der Waals surface area contributed by atoms with Gasteiger partial charge in [-0.15, -0.1) is 0 Å². The van der Waals surface area contributed by atoms with Gasteiger partial charge < -0.3 is 0 Å². The Kier molecular flexibility index (Phi) is 2.87. The second kappa shape index (κ2) is 3.79. The van der Waals surface area contributed by atoms with Gasteiger partial charge >= 0.3 is 0 Å². The second-order valence-corrected chi connectivity index (χ2v) is 9.33. The number of hydrogen-bond acceptors (Lipinski definition) is 0. The Morgan fingerprint density at radius 2 is 1.05 bits per heavy atom. The average molecular weight is 280 g/mol. The van der Waals surface area contributed by atoms with Crippen LogP contribution in [0.4, 0.5) is 0 Å². The maximum Gasteiger partial charge on any atom is -0.0269 e. The zero-order chi connectivity index (χ0) is 13.0. The standard InChI is InChI=1S/C18H30.H3P/c1-9-10(2)12-7-11(9)15-13-8-14(16(12)15)18(5,6)17(13,3)4;/h9-16H,7-8H2,1-6H3;1H3. The lowest BCUT2D eigenvalue weighted by atomic mass is 9.50. The van der Waals surface area contributed by atoms with E-state index in [9.17, 15) is 0 Å². The molecule has 0 spiro atoms. The van der Waals surface area contributed by atoms with Gasteiger partial charge in [0.25, 0.3) is 0 Å². The van der Waals surface area contributed by atoms with Crippen LogP contribution in [0.5, 0.6) is 0 Å². The molecule has 0 heterocycles. The molecule has 19 heavy (non-hydrogen) atoms. The fourth-order valence-electron chi connectivity index (χ4n) is 7.34. The van der Waals surface area contributed by atoms with Crippen molar-refractivity contribution in [2.45, 2.75) is 54.4 Å². The molecule has 1 heteroatoms. The highest BCUT2D eigenvalue weighted by atomic mass is 31.0. The van der Waals surface area contributed by atoms with Crippen LogP contribution < -0.4 is 0 Å². The van der Waals surface area contributed by atoms with Crippen molar-refractivity contribution in [1.82, 2.24) is 0 Å². The molecular formula is C18H33P. The molecule has 4 saturated carbocycles. The monoisotopic (exact) mass is 280 g/mol. The third kappa shape index (κ3) is 1.32. The van der Waals surface area contributed by atoms with Crippen LogP contribution in [0.3, 0.4) is 0 Å². The Morgan fingerprint density at radius 1 is 0.684 bits per heavy atom. The van der Waals surface area contributed by atoms with Crippen LogP contribution in [-0.4, -0.2) is 0 Å². The highest BCUT2D eigenvalue weighted by Crippen LogP contribution is 2.78. The molecular weight excluding hydrogens is 247 g/mol. The lowest BCUT2D eigenvalue weighted by molar-refractivity contribution is -0.0704. The van der Waals surface area contributed by atoms with Crippen molar-refractivity contribution >= 4 is 9.90 Å². The van der Waals surface area contributed by atoms with E-state index in [1.54, 1.807) is 12.8 Å². The largest absolute Gasteiger partial charge is 0.153 e. The summed E-state index contributed by atoms with van der Waals surface area (Å²) in [7, 11) is 0. The van der Waals surface area contributed by atoms with Crippen molar-refractivity contribution in [3.8, 4) is 0 Å². The molecule has 4 rings (SSSR count). The van der Waals surface area contributed by atoms with Gasteiger partial charge in [0.15, 0.2) is 0 Å². The SMILES string of the molecule is CC1C(C)C2CC1C1C2C2CC1C(C)(C)C2(C)C.P. The molecule has 0 nitrogen and oxygen atoms in total. The van der Waals surface area contributed by atoms with Crippen LogP contribution >= 0.6 is 9.90 Å². The molecule has 110 valence electrons. The number of rotatable bonds is 0. The van der Waals surface area contributed by atoms with E-state index in [-0.39, 0.29) is 9.90 Å². The molecule has 9 unspecified atom stereocenters. The van der Waals surface area contributed by atoms with Crippen LogP contribution in [0.25, 0.3) is 0 Å². The molecule has 9 atom stereocenters. The first-order valence-electron chi connectivity index (χ1n) is 8.28. The summed E-state index contributed by atoms with van der Waals surface area (Å²) in [6.07, 6.45) is 3.14. The van der Waals surface area contributed by atoms with E-state index in [2.05, 4.69) is 41.5 Å². The van der Waals surface area contributed by atoms with E-state index in [1.807, 2.05) is 0 Å². The zero-order valence-electron chi connectivity index (χ0n) is 13.7. The minimum absolute atomic E-state index is 0. The lowest BCUT2D eigenvalue weighted by Gasteiger charge is -2.55. The van der Waals surface area contributed by atoms with Crippen molar-refractivity contribution < 1.29 is 0 Å². The topological polar surface area (TPSA) is 0 Å². The maximum atomic E-state index is 2.58. The van der Waals surface area contributed by atoms with E-state index in [0.717, 1.165) is 47.3 Å². The van der Waals surface area contributed by atoms with Crippen molar-refractivity contribution in [3.63, 3.8) is 0 Å². The first kappa shape index (κ1) is 14.4. The van der Waals surface area contributed by atoms with E-state index < -0.39 is 0 Å². The Bertz CT molecular complexity index is 360. The van der Waals surface area contributed by atoms with E-state index in [0.29, 0.717) is 10.8 Å². The molecule has 0 aliphatic heterocycles. The summed E-state index contributed by atoms with van der Waals surface area (Å²) >= 11 is 0. The van der Waals surface area contributed by atoms with Gasteiger partial charge in [-0.1, -0.05) is 41.5 Å². The molecule has 4 bridgehead atoms. The fraction of sp³-hybridized carbons (Fsp3) is 1.00. The molecule has 4 aliphatic rings. The van der Waals surface area contributed by atoms with Gasteiger partial charge in [0, 0.05) is 0 Å². The normalized spacial score (nSPS) is 59.1. The molecule has 0 amide bonds. The van der Waals surface area contributed by atoms with E-state index in [1.165, 1.54) is 0 Å². The second-order valence-electron chi connectivity index (χ2n) is 9.33. The highest BCUT2D eigenvalue weighted by molar-refractivity contribution is 6.92. The summed E-state index contributed by atoms with van der Waals surface area (Å²) in [5.74, 6) is 8.47. The Labute approximate surface area is 123 Å². The fourth-order valence-corrected chi connectivity index (χ4v) is 7.34. The minimum Gasteiger partial charge on any atom is -0.153 e. The average Bonchev–Trinajstić information content (AvgIpc) is 2.91. The van der Waals surface area contributed by atoms with Gasteiger partial charge in [-0.05, 0) is 71.0 Å². The van der Waals surface area contributed by atoms with Gasteiger partial charge in [0.2, 0.25) is 0 Å². The van der Waals surface area contributed by atoms with Crippen LogP contribution in [-0.2, 0) is 0 Å². The Hall–Kier alpha value is 0.430. The van der Waals surface area contributed by atoms with Crippen molar-refractivity contribution in [2.75, 3.05) is 0 Å². The van der Waals surface area contributed by atoms with E-state index in [4.69, 9.17) is 0 Å². The summed E-state index contributed by atoms with van der Waals surface area (Å²) in [5, 5.41) is 0. The van der Waals surface area contributed by atoms with Gasteiger partial charge in [-0.25, -0.2) is 0 Å². The Morgan fingerprint density at radius 3 is 1.42 bits per heavy atom. The van der Waals surface area contributed by atoms with Gasteiger partial charge in [-0.3, -0.25) is 0 Å². The predicted octanol–water partition coefficient (Wildman–Crippen LogP) is 4.90. The molecule has 0 saturated heterocycles. The first-order chi connectivity index (χ1) is 8.28. The summed E-state index contributed by atoms with van der Waals surface area (Å²) in [6, 6.07) is 0. The summed E-state index contributed by atoms with van der Waals surface area (Å²) in [6.45, 7) is 15.4. The first-order valence-corrected chi connectivity index (χ1v) is 8.28. The van der Waals surface area contributed by atoms with Crippen LogP contribution in [0.15, 0.2) is 0 Å². The van der Waals surface area contributed by atoms with Gasteiger partial charge in [0.1, 0.15) is 0 Å². The molecule has 0 aromatic heterocycles. The van der Waals surface area contributed by atoms with Crippen molar-refractivity contribution in [1.29, 1.82) is 0 Å². The molecule has 4 fully saturated rings. The van der Waals surface area contributed by atoms with Gasteiger partial charge in [-0.2, -0.15) is 9.90 Å². The maximum absolute atomic E-state index is 2.58. The van der Waals surface area contributed by atoms with Gasteiger partial charge in [0.05, 0.1) is 0 Å². The molecule has 0 radical (unpaired) electrons. The molecule has 0 aromatic rings. The number of fused-ring (bicyclic) bond motifs is 9. The van der Waals surface area contributed by atoms with Crippen LogP contribution in [0, 0.1) is 58.2 Å². The smallest absolute Gasteiger partial charge is 0.0269 e. The van der Waals surface area contributed by atoms with Crippen molar-refractivity contribution in [2.24, 2.45) is 58.2 Å².